The number of Topliss-reactive ketones (excluding diaryl/α,β-unsaturated/α-hetero) is 1. The van der Waals surface area contributed by atoms with Crippen molar-refractivity contribution in [3.63, 3.8) is 0 Å². The number of carbonyl (C=O) groups excluding carboxylic acids is 1. The lowest BCUT2D eigenvalue weighted by atomic mass is 9.86. The topological polar surface area (TPSA) is 96.2 Å². The molecule has 3 rings (SSSR count). The molecule has 2 aromatic carbocycles. The maximum atomic E-state index is 13.1. The van der Waals surface area contributed by atoms with E-state index < -0.39 is 6.10 Å². The molecule has 0 saturated carbocycles. The van der Waals surface area contributed by atoms with Gasteiger partial charge in [-0.3, -0.25) is 4.79 Å². The van der Waals surface area contributed by atoms with Gasteiger partial charge < -0.3 is 24.8 Å². The predicted octanol–water partition coefficient (Wildman–Crippen LogP) is 5.61. The van der Waals surface area contributed by atoms with Gasteiger partial charge in [-0.15, -0.1) is 0 Å². The molecule has 2 atom stereocenters. The highest BCUT2D eigenvalue weighted by atomic mass is 16.5. The summed E-state index contributed by atoms with van der Waals surface area (Å²) in [6.45, 7) is 10.1. The third-order valence-electron chi connectivity index (χ3n) is 5.77. The fourth-order valence-corrected chi connectivity index (χ4v) is 3.93. The molecule has 0 saturated heterocycles. The van der Waals surface area contributed by atoms with Crippen LogP contribution in [0.25, 0.3) is 0 Å². The monoisotopic (exact) mass is 438 g/mol. The van der Waals surface area contributed by atoms with Gasteiger partial charge in [0.15, 0.2) is 5.78 Å². The van der Waals surface area contributed by atoms with Gasteiger partial charge in [-0.2, -0.15) is 0 Å². The standard InChI is InChI=1S/C26H30O6/c1-14(2)6-7-16(15(3)4)10-19-21(29)12-24(31-5)25-22(30)13-23(32-26(19)25)18-9-8-17(27)11-20(18)28/h6,8-9,11-12,16,23,27-29H,3,7,10,13H2,1-2,4-5H3/t16-,23-/m1/s1. The molecule has 1 aliphatic heterocycles. The van der Waals surface area contributed by atoms with Crippen LogP contribution in [0.5, 0.6) is 28.7 Å². The van der Waals surface area contributed by atoms with Crippen molar-refractivity contribution < 1.29 is 29.6 Å². The van der Waals surface area contributed by atoms with Crippen molar-refractivity contribution in [1.29, 1.82) is 0 Å². The summed E-state index contributed by atoms with van der Waals surface area (Å²) >= 11 is 0. The van der Waals surface area contributed by atoms with Crippen molar-refractivity contribution in [1.82, 2.24) is 0 Å². The minimum Gasteiger partial charge on any atom is -0.508 e. The Morgan fingerprint density at radius 2 is 1.94 bits per heavy atom. The van der Waals surface area contributed by atoms with Gasteiger partial charge in [0.25, 0.3) is 0 Å². The molecule has 1 aliphatic rings. The van der Waals surface area contributed by atoms with Gasteiger partial charge in [-0.1, -0.05) is 23.8 Å². The van der Waals surface area contributed by atoms with E-state index in [-0.39, 0.29) is 52.4 Å². The van der Waals surface area contributed by atoms with Gasteiger partial charge in [0.1, 0.15) is 40.4 Å². The SMILES string of the molecule is C=C(C)[C@H](CC=C(C)C)Cc1c(O)cc(OC)c2c1O[C@@H](c1ccc(O)cc1O)CC2=O. The molecule has 170 valence electrons. The summed E-state index contributed by atoms with van der Waals surface area (Å²) in [5.74, 6) is 0.0651. The number of methoxy groups -OCH3 is 1. The molecule has 0 bridgehead atoms. The van der Waals surface area contributed by atoms with Gasteiger partial charge in [0.2, 0.25) is 0 Å². The zero-order chi connectivity index (χ0) is 23.6. The number of fused-ring (bicyclic) bond motifs is 1. The molecular weight excluding hydrogens is 408 g/mol. The Labute approximate surface area is 188 Å². The van der Waals surface area contributed by atoms with Gasteiger partial charge in [0, 0.05) is 23.3 Å². The average Bonchev–Trinajstić information content (AvgIpc) is 2.71. The van der Waals surface area contributed by atoms with Crippen LogP contribution in [-0.2, 0) is 6.42 Å². The van der Waals surface area contributed by atoms with Gasteiger partial charge in [0.05, 0.1) is 13.5 Å². The molecule has 2 aromatic rings. The first-order chi connectivity index (χ1) is 15.1. The van der Waals surface area contributed by atoms with Crippen molar-refractivity contribution in [2.24, 2.45) is 5.92 Å². The fraction of sp³-hybridized carbons (Fsp3) is 0.346. The smallest absolute Gasteiger partial charge is 0.174 e. The van der Waals surface area contributed by atoms with E-state index in [9.17, 15) is 20.1 Å². The predicted molar refractivity (Wildman–Crippen MR) is 123 cm³/mol. The Bertz CT molecular complexity index is 1080. The van der Waals surface area contributed by atoms with E-state index in [4.69, 9.17) is 9.47 Å². The second-order valence-electron chi connectivity index (χ2n) is 8.52. The summed E-state index contributed by atoms with van der Waals surface area (Å²) in [6, 6.07) is 5.61. The molecular formula is C26H30O6. The van der Waals surface area contributed by atoms with Crippen LogP contribution in [0.3, 0.4) is 0 Å². The minimum absolute atomic E-state index is 0.00636. The number of phenols is 3. The number of hydrogen-bond acceptors (Lipinski definition) is 6. The first kappa shape index (κ1) is 23.3. The number of aromatic hydroxyl groups is 3. The van der Waals surface area contributed by atoms with Crippen molar-refractivity contribution >= 4 is 5.78 Å². The summed E-state index contributed by atoms with van der Waals surface area (Å²) in [6.07, 6.45) is 2.53. The molecule has 0 radical (unpaired) electrons. The largest absolute Gasteiger partial charge is 0.508 e. The van der Waals surface area contributed by atoms with E-state index in [1.54, 1.807) is 0 Å². The Morgan fingerprint density at radius 1 is 1.22 bits per heavy atom. The van der Waals surface area contributed by atoms with Crippen LogP contribution in [0.4, 0.5) is 0 Å². The highest BCUT2D eigenvalue weighted by Gasteiger charge is 2.35. The van der Waals surface area contributed by atoms with E-state index in [0.717, 1.165) is 12.0 Å². The summed E-state index contributed by atoms with van der Waals surface area (Å²) in [5.41, 5.74) is 3.33. The van der Waals surface area contributed by atoms with Crippen LogP contribution in [0, 0.1) is 5.92 Å². The zero-order valence-corrected chi connectivity index (χ0v) is 18.9. The summed E-state index contributed by atoms with van der Waals surface area (Å²) in [4.78, 5) is 13.1. The van der Waals surface area contributed by atoms with Crippen LogP contribution < -0.4 is 9.47 Å². The number of rotatable bonds is 7. The van der Waals surface area contributed by atoms with Gasteiger partial charge in [-0.25, -0.2) is 0 Å². The number of carbonyl (C=O) groups is 1. The number of allylic oxidation sites excluding steroid dienone is 3. The van der Waals surface area contributed by atoms with Crippen LogP contribution in [-0.4, -0.2) is 28.2 Å². The third-order valence-corrected chi connectivity index (χ3v) is 5.77. The molecule has 0 aromatic heterocycles. The number of benzene rings is 2. The van der Waals surface area contributed by atoms with E-state index in [0.29, 0.717) is 17.5 Å². The molecule has 0 spiro atoms. The highest BCUT2D eigenvalue weighted by molar-refractivity contribution is 6.03. The van der Waals surface area contributed by atoms with Crippen LogP contribution >= 0.6 is 0 Å². The maximum absolute atomic E-state index is 13.1. The lowest BCUT2D eigenvalue weighted by molar-refractivity contribution is 0.0838. The number of phenolic OH excluding ortho intramolecular Hbond substituents is 3. The van der Waals surface area contributed by atoms with Gasteiger partial charge >= 0.3 is 0 Å². The molecule has 0 amide bonds. The molecule has 3 N–H and O–H groups in total. The first-order valence-corrected chi connectivity index (χ1v) is 10.6. The maximum Gasteiger partial charge on any atom is 0.174 e. The molecule has 0 aliphatic carbocycles. The van der Waals surface area contributed by atoms with E-state index in [2.05, 4.69) is 12.7 Å². The lowest BCUT2D eigenvalue weighted by Crippen LogP contribution is -2.23. The van der Waals surface area contributed by atoms with Gasteiger partial charge in [-0.05, 0) is 51.7 Å². The zero-order valence-electron chi connectivity index (χ0n) is 18.9. The summed E-state index contributed by atoms with van der Waals surface area (Å²) in [7, 11) is 1.44. The summed E-state index contributed by atoms with van der Waals surface area (Å²) < 4.78 is 11.6. The van der Waals surface area contributed by atoms with Crippen LogP contribution in [0.1, 0.15) is 61.2 Å². The molecule has 6 heteroatoms. The van der Waals surface area contributed by atoms with E-state index in [1.807, 2.05) is 20.8 Å². The average molecular weight is 439 g/mol. The minimum atomic E-state index is -0.762. The Hall–Kier alpha value is -3.41. The molecule has 0 unspecified atom stereocenters. The second kappa shape index (κ2) is 9.39. The summed E-state index contributed by atoms with van der Waals surface area (Å²) in [5, 5.41) is 30.7. The Morgan fingerprint density at radius 3 is 2.53 bits per heavy atom. The Kier molecular flexibility index (Phi) is 6.82. The van der Waals surface area contributed by atoms with Crippen molar-refractivity contribution in [2.45, 2.75) is 46.1 Å². The van der Waals surface area contributed by atoms with Crippen LogP contribution in [0.15, 0.2) is 48.1 Å². The molecule has 1 heterocycles. The third kappa shape index (κ3) is 4.74. The van der Waals surface area contributed by atoms with Crippen molar-refractivity contribution in [3.05, 3.63) is 64.8 Å². The quantitative estimate of drug-likeness (QED) is 0.486. The first-order valence-electron chi connectivity index (χ1n) is 10.6. The van der Waals surface area contributed by atoms with E-state index >= 15 is 0 Å². The molecule has 6 nitrogen and oxygen atoms in total. The second-order valence-corrected chi connectivity index (χ2v) is 8.52. The van der Waals surface area contributed by atoms with E-state index in [1.165, 1.54) is 36.9 Å². The molecule has 32 heavy (non-hydrogen) atoms. The van der Waals surface area contributed by atoms with Crippen LogP contribution in [0.2, 0.25) is 0 Å². The van der Waals surface area contributed by atoms with Crippen molar-refractivity contribution in [3.8, 4) is 28.7 Å². The normalized spacial score (nSPS) is 16.0. The number of hydrogen-bond donors (Lipinski definition) is 3. The molecule has 0 fully saturated rings. The number of ketones is 1. The lowest BCUT2D eigenvalue weighted by Gasteiger charge is -2.30. The highest BCUT2D eigenvalue weighted by Crippen LogP contribution is 2.48. The number of ether oxygens (including phenoxy) is 2. The van der Waals surface area contributed by atoms with Crippen molar-refractivity contribution in [2.75, 3.05) is 7.11 Å². The fourth-order valence-electron chi connectivity index (χ4n) is 3.93. The Balaban J connectivity index is 2.09.